The fraction of sp³-hybridized carbons (Fsp3) is 0.214. The van der Waals surface area contributed by atoms with Gasteiger partial charge >= 0.3 is 0 Å². The second-order valence-corrected chi connectivity index (χ2v) is 4.19. The molecule has 3 nitrogen and oxygen atoms in total. The van der Waals surface area contributed by atoms with Gasteiger partial charge < -0.3 is 10.1 Å². The molecule has 94 valence electrons. The molecule has 0 spiro atoms. The predicted octanol–water partition coefficient (Wildman–Crippen LogP) is 3.64. The maximum Gasteiger partial charge on any atom is 0.145 e. The summed E-state index contributed by atoms with van der Waals surface area (Å²) in [6, 6.07) is 9.36. The Kier molecular flexibility index (Phi) is 4.56. The van der Waals surface area contributed by atoms with Crippen molar-refractivity contribution in [1.82, 2.24) is 10.3 Å². The van der Waals surface area contributed by atoms with E-state index in [0.717, 1.165) is 17.9 Å². The Bertz CT molecular complexity index is 502. The summed E-state index contributed by atoms with van der Waals surface area (Å²) in [7, 11) is 0. The van der Waals surface area contributed by atoms with Gasteiger partial charge in [-0.25, -0.2) is 0 Å². The fourth-order valence-electron chi connectivity index (χ4n) is 1.59. The molecular weight excluding hydrogens is 248 g/mol. The van der Waals surface area contributed by atoms with Crippen LogP contribution in [0.15, 0.2) is 42.7 Å². The molecule has 2 rings (SSSR count). The SMILES string of the molecule is CCNCc1c(Cl)cccc1Oc1cccnc1. The highest BCUT2D eigenvalue weighted by atomic mass is 35.5. The monoisotopic (exact) mass is 262 g/mol. The lowest BCUT2D eigenvalue weighted by atomic mass is 10.2. The van der Waals surface area contributed by atoms with E-state index in [2.05, 4.69) is 17.2 Å². The van der Waals surface area contributed by atoms with Crippen LogP contribution in [0.2, 0.25) is 5.02 Å². The minimum atomic E-state index is 0.686. The Morgan fingerprint density at radius 2 is 2.17 bits per heavy atom. The third-order valence-electron chi connectivity index (χ3n) is 2.49. The van der Waals surface area contributed by atoms with Gasteiger partial charge in [-0.2, -0.15) is 0 Å². The molecule has 0 aliphatic carbocycles. The summed E-state index contributed by atoms with van der Waals surface area (Å²) in [5.41, 5.74) is 0.963. The first-order valence-electron chi connectivity index (χ1n) is 5.87. The Balaban J connectivity index is 2.24. The number of hydrogen-bond acceptors (Lipinski definition) is 3. The van der Waals surface area contributed by atoms with Crippen LogP contribution in [-0.2, 0) is 6.54 Å². The van der Waals surface area contributed by atoms with Crippen molar-refractivity contribution in [2.24, 2.45) is 0 Å². The average molecular weight is 263 g/mol. The van der Waals surface area contributed by atoms with Crippen molar-refractivity contribution in [2.75, 3.05) is 6.54 Å². The summed E-state index contributed by atoms with van der Waals surface area (Å²) < 4.78 is 5.80. The molecule has 0 amide bonds. The lowest BCUT2D eigenvalue weighted by Gasteiger charge is -2.12. The number of nitrogens with one attached hydrogen (secondary N) is 1. The molecule has 2 aromatic rings. The normalized spacial score (nSPS) is 10.3. The summed E-state index contributed by atoms with van der Waals surface area (Å²) in [6.07, 6.45) is 3.39. The van der Waals surface area contributed by atoms with Crippen LogP contribution in [0.1, 0.15) is 12.5 Å². The quantitative estimate of drug-likeness (QED) is 0.893. The van der Waals surface area contributed by atoms with Crippen LogP contribution in [0.3, 0.4) is 0 Å². The van der Waals surface area contributed by atoms with E-state index in [1.165, 1.54) is 0 Å². The molecule has 0 aliphatic heterocycles. The molecule has 0 radical (unpaired) electrons. The molecule has 1 aromatic heterocycles. The zero-order chi connectivity index (χ0) is 12.8. The number of benzene rings is 1. The van der Waals surface area contributed by atoms with Gasteiger partial charge in [0.25, 0.3) is 0 Å². The molecular formula is C14H15ClN2O. The number of hydrogen-bond donors (Lipinski definition) is 1. The molecule has 0 fully saturated rings. The largest absolute Gasteiger partial charge is 0.455 e. The first-order chi connectivity index (χ1) is 8.81. The molecule has 0 atom stereocenters. The van der Waals surface area contributed by atoms with E-state index in [-0.39, 0.29) is 0 Å². The van der Waals surface area contributed by atoms with E-state index in [9.17, 15) is 0 Å². The van der Waals surface area contributed by atoms with Gasteiger partial charge in [-0.05, 0) is 30.8 Å². The zero-order valence-corrected chi connectivity index (χ0v) is 10.9. The number of halogens is 1. The van der Waals surface area contributed by atoms with Gasteiger partial charge in [-0.15, -0.1) is 0 Å². The van der Waals surface area contributed by atoms with E-state index in [0.29, 0.717) is 17.3 Å². The highest BCUT2D eigenvalue weighted by Gasteiger charge is 2.08. The zero-order valence-electron chi connectivity index (χ0n) is 10.2. The molecule has 0 saturated carbocycles. The molecule has 4 heteroatoms. The van der Waals surface area contributed by atoms with Crippen molar-refractivity contribution in [3.05, 3.63) is 53.3 Å². The Morgan fingerprint density at radius 1 is 1.28 bits per heavy atom. The van der Waals surface area contributed by atoms with Crippen molar-refractivity contribution < 1.29 is 4.74 Å². The first-order valence-corrected chi connectivity index (χ1v) is 6.25. The maximum absolute atomic E-state index is 6.20. The molecule has 0 unspecified atom stereocenters. The minimum absolute atomic E-state index is 0.686. The van der Waals surface area contributed by atoms with Crippen LogP contribution in [0.5, 0.6) is 11.5 Å². The molecule has 1 aromatic carbocycles. The Labute approximate surface area is 112 Å². The second kappa shape index (κ2) is 6.38. The second-order valence-electron chi connectivity index (χ2n) is 3.79. The van der Waals surface area contributed by atoms with E-state index < -0.39 is 0 Å². The number of rotatable bonds is 5. The average Bonchev–Trinajstić information content (AvgIpc) is 2.39. The third kappa shape index (κ3) is 3.22. The lowest BCUT2D eigenvalue weighted by Crippen LogP contribution is -2.12. The van der Waals surface area contributed by atoms with Gasteiger partial charge in [-0.1, -0.05) is 24.6 Å². The predicted molar refractivity (Wildman–Crippen MR) is 73.1 cm³/mol. The van der Waals surface area contributed by atoms with E-state index in [1.54, 1.807) is 12.4 Å². The van der Waals surface area contributed by atoms with E-state index >= 15 is 0 Å². The lowest BCUT2D eigenvalue weighted by molar-refractivity contribution is 0.471. The fourth-order valence-corrected chi connectivity index (χ4v) is 1.82. The van der Waals surface area contributed by atoms with Crippen LogP contribution in [0, 0.1) is 0 Å². The summed E-state index contributed by atoms with van der Waals surface area (Å²) in [5, 5.41) is 3.96. The number of ether oxygens (including phenoxy) is 1. The highest BCUT2D eigenvalue weighted by Crippen LogP contribution is 2.29. The van der Waals surface area contributed by atoms with Gasteiger partial charge in [0.1, 0.15) is 11.5 Å². The molecule has 1 heterocycles. The number of nitrogens with zero attached hydrogens (tertiary/aromatic N) is 1. The summed E-state index contributed by atoms with van der Waals surface area (Å²) in [5.74, 6) is 1.47. The van der Waals surface area contributed by atoms with Crippen molar-refractivity contribution >= 4 is 11.6 Å². The standard InChI is InChI=1S/C14H15ClN2O/c1-2-16-10-12-13(15)6-3-7-14(12)18-11-5-4-8-17-9-11/h3-9,16H,2,10H2,1H3. The molecule has 18 heavy (non-hydrogen) atoms. The van der Waals surface area contributed by atoms with Crippen LogP contribution in [-0.4, -0.2) is 11.5 Å². The molecule has 1 N–H and O–H groups in total. The summed E-state index contributed by atoms with van der Waals surface area (Å²) in [6.45, 7) is 3.63. The molecule has 0 aliphatic rings. The number of aromatic nitrogens is 1. The Hall–Kier alpha value is -1.58. The van der Waals surface area contributed by atoms with Gasteiger partial charge in [-0.3, -0.25) is 4.98 Å². The maximum atomic E-state index is 6.20. The van der Waals surface area contributed by atoms with Crippen LogP contribution >= 0.6 is 11.6 Å². The van der Waals surface area contributed by atoms with Gasteiger partial charge in [0, 0.05) is 23.3 Å². The van der Waals surface area contributed by atoms with Crippen LogP contribution < -0.4 is 10.1 Å². The number of pyridine rings is 1. The van der Waals surface area contributed by atoms with Gasteiger partial charge in [0.05, 0.1) is 6.20 Å². The van der Waals surface area contributed by atoms with Crippen molar-refractivity contribution in [1.29, 1.82) is 0 Å². The van der Waals surface area contributed by atoms with E-state index in [4.69, 9.17) is 16.3 Å². The van der Waals surface area contributed by atoms with Gasteiger partial charge in [0.15, 0.2) is 0 Å². The summed E-state index contributed by atoms with van der Waals surface area (Å²) in [4.78, 5) is 4.02. The van der Waals surface area contributed by atoms with Crippen LogP contribution in [0.4, 0.5) is 0 Å². The Morgan fingerprint density at radius 3 is 2.89 bits per heavy atom. The third-order valence-corrected chi connectivity index (χ3v) is 2.84. The first kappa shape index (κ1) is 12.9. The minimum Gasteiger partial charge on any atom is -0.455 e. The topological polar surface area (TPSA) is 34.1 Å². The highest BCUT2D eigenvalue weighted by molar-refractivity contribution is 6.31. The summed E-state index contributed by atoms with van der Waals surface area (Å²) >= 11 is 6.20. The van der Waals surface area contributed by atoms with Crippen molar-refractivity contribution in [2.45, 2.75) is 13.5 Å². The van der Waals surface area contributed by atoms with E-state index in [1.807, 2.05) is 30.3 Å². The van der Waals surface area contributed by atoms with Crippen molar-refractivity contribution in [3.63, 3.8) is 0 Å². The smallest absolute Gasteiger partial charge is 0.145 e. The van der Waals surface area contributed by atoms with Crippen LogP contribution in [0.25, 0.3) is 0 Å². The molecule has 0 bridgehead atoms. The van der Waals surface area contributed by atoms with Gasteiger partial charge in [0.2, 0.25) is 0 Å². The molecule has 0 saturated heterocycles. The van der Waals surface area contributed by atoms with Crippen molar-refractivity contribution in [3.8, 4) is 11.5 Å².